The predicted octanol–water partition coefficient (Wildman–Crippen LogP) is 0.138. The van der Waals surface area contributed by atoms with Gasteiger partial charge in [0.05, 0.1) is 35.8 Å². The number of rotatable bonds is 0. The molecule has 0 aromatic heterocycles. The molecule has 44 valence electrons. The van der Waals surface area contributed by atoms with Crippen LogP contribution >= 0.6 is 22.9 Å². The summed E-state index contributed by atoms with van der Waals surface area (Å²) in [4.78, 5) is 20.9. The van der Waals surface area contributed by atoms with Crippen LogP contribution in [0.2, 0.25) is 0 Å². The van der Waals surface area contributed by atoms with Crippen molar-refractivity contribution in [3.63, 3.8) is 0 Å². The summed E-state index contributed by atoms with van der Waals surface area (Å²) >= 11 is 1.84. The quantitative estimate of drug-likeness (QED) is 0.334. The third kappa shape index (κ3) is 0.988. The van der Waals surface area contributed by atoms with Crippen LogP contribution in [0, 0.1) is 0 Å². The van der Waals surface area contributed by atoms with Gasteiger partial charge < -0.3 is 0 Å². The van der Waals surface area contributed by atoms with Crippen LogP contribution in [0.1, 0.15) is 6.42 Å². The van der Waals surface area contributed by atoms with Gasteiger partial charge in [-0.3, -0.25) is 12.7 Å². The summed E-state index contributed by atoms with van der Waals surface area (Å²) in [6.07, 6.45) is 0.100. The molecule has 0 bridgehead atoms. The Labute approximate surface area is 60.5 Å². The Morgan fingerprint density at radius 1 is 1.50 bits per heavy atom. The number of ketones is 1. The fraction of sp³-hybridized carbons (Fsp3) is 0.500. The molecule has 4 heteroatoms. The first kappa shape index (κ1) is 6.00. The van der Waals surface area contributed by atoms with Gasteiger partial charge in [0.25, 0.3) is 0 Å². The van der Waals surface area contributed by atoms with Crippen LogP contribution in [-0.4, -0.2) is 21.3 Å². The molecule has 1 fully saturated rings. The zero-order valence-electron chi connectivity index (χ0n) is 4.06. The number of hydrogen-bond donors (Lipinski definition) is 0. The van der Waals surface area contributed by atoms with Gasteiger partial charge in [-0.15, -0.1) is 0 Å². The van der Waals surface area contributed by atoms with Gasteiger partial charge in [-0.2, -0.15) is 0 Å². The molecule has 0 aromatic rings. The van der Waals surface area contributed by atoms with Gasteiger partial charge in [-0.25, -0.2) is 0 Å². The summed E-state index contributed by atoms with van der Waals surface area (Å²) in [6, 6.07) is 0. The SMILES string of the molecule is O=C1CC(=O)N(I)C1. The lowest BCUT2D eigenvalue weighted by Crippen LogP contribution is -2.11. The maximum atomic E-state index is 10.5. The molecule has 1 aliphatic heterocycles. The van der Waals surface area contributed by atoms with Crippen molar-refractivity contribution in [2.45, 2.75) is 6.42 Å². The standard InChI is InChI=1S/C4H4INO2/c5-6-2-3(7)1-4(6)8/h1-2H2. The highest BCUT2D eigenvalue weighted by atomic mass is 127. The number of Topliss-reactive ketones (excluding diaryl/α,β-unsaturated/α-hetero) is 1. The van der Waals surface area contributed by atoms with Crippen molar-refractivity contribution in [2.24, 2.45) is 0 Å². The van der Waals surface area contributed by atoms with Gasteiger partial charge in [0, 0.05) is 0 Å². The molecule has 0 radical (unpaired) electrons. The van der Waals surface area contributed by atoms with Crippen LogP contribution in [-0.2, 0) is 9.59 Å². The minimum Gasteiger partial charge on any atom is -0.297 e. The Kier molecular flexibility index (Phi) is 1.50. The number of carbonyl (C=O) groups excluding carboxylic acids is 2. The fourth-order valence-corrected chi connectivity index (χ4v) is 1.10. The predicted molar refractivity (Wildman–Crippen MR) is 35.4 cm³/mol. The first-order valence-corrected chi connectivity index (χ1v) is 3.14. The van der Waals surface area contributed by atoms with E-state index in [0.29, 0.717) is 6.54 Å². The van der Waals surface area contributed by atoms with E-state index in [1.165, 1.54) is 3.11 Å². The zero-order valence-corrected chi connectivity index (χ0v) is 6.21. The highest BCUT2D eigenvalue weighted by Crippen LogP contribution is 2.10. The van der Waals surface area contributed by atoms with Crippen molar-refractivity contribution in [2.75, 3.05) is 6.54 Å². The zero-order chi connectivity index (χ0) is 6.15. The average Bonchev–Trinajstić information content (AvgIpc) is 1.85. The molecule has 0 spiro atoms. The summed E-state index contributed by atoms with van der Waals surface area (Å²) in [7, 11) is 0. The topological polar surface area (TPSA) is 37.4 Å². The van der Waals surface area contributed by atoms with Crippen molar-refractivity contribution in [1.82, 2.24) is 3.11 Å². The minimum absolute atomic E-state index is 0.0180. The summed E-state index contributed by atoms with van der Waals surface area (Å²) in [5.41, 5.74) is 0. The van der Waals surface area contributed by atoms with E-state index < -0.39 is 0 Å². The maximum absolute atomic E-state index is 10.5. The Hall–Kier alpha value is -0.130. The van der Waals surface area contributed by atoms with E-state index in [1.807, 2.05) is 22.9 Å². The molecule has 0 saturated carbocycles. The van der Waals surface area contributed by atoms with Crippen molar-refractivity contribution in [3.8, 4) is 0 Å². The van der Waals surface area contributed by atoms with Crippen molar-refractivity contribution < 1.29 is 9.59 Å². The van der Waals surface area contributed by atoms with E-state index >= 15 is 0 Å². The molecule has 0 atom stereocenters. The second-order valence-corrected chi connectivity index (χ2v) is 2.79. The smallest absolute Gasteiger partial charge is 0.239 e. The van der Waals surface area contributed by atoms with Crippen LogP contribution in [0.4, 0.5) is 0 Å². The number of carbonyl (C=O) groups is 2. The highest BCUT2D eigenvalue weighted by molar-refractivity contribution is 14.1. The molecular formula is C4H4INO2. The highest BCUT2D eigenvalue weighted by Gasteiger charge is 2.24. The van der Waals surface area contributed by atoms with Gasteiger partial charge >= 0.3 is 0 Å². The Morgan fingerprint density at radius 2 is 2.12 bits per heavy atom. The summed E-state index contributed by atoms with van der Waals surface area (Å²) in [5, 5.41) is 0. The van der Waals surface area contributed by atoms with Gasteiger partial charge in [0.1, 0.15) is 0 Å². The molecule has 1 heterocycles. The third-order valence-electron chi connectivity index (χ3n) is 0.934. The number of amides is 1. The fourth-order valence-electron chi connectivity index (χ4n) is 0.553. The molecule has 1 saturated heterocycles. The molecule has 0 aliphatic carbocycles. The Morgan fingerprint density at radius 3 is 2.25 bits per heavy atom. The van der Waals surface area contributed by atoms with Crippen molar-refractivity contribution in [3.05, 3.63) is 0 Å². The number of hydrogen-bond acceptors (Lipinski definition) is 2. The average molecular weight is 225 g/mol. The minimum atomic E-state index is -0.0735. The first-order valence-electron chi connectivity index (χ1n) is 2.18. The van der Waals surface area contributed by atoms with Crippen molar-refractivity contribution >= 4 is 34.6 Å². The second-order valence-electron chi connectivity index (χ2n) is 1.63. The van der Waals surface area contributed by atoms with Gasteiger partial charge in [0.15, 0.2) is 5.78 Å². The Balaban J connectivity index is 2.64. The van der Waals surface area contributed by atoms with Crippen molar-refractivity contribution in [1.29, 1.82) is 0 Å². The summed E-state index contributed by atoms with van der Waals surface area (Å²) in [5.74, 6) is -0.0556. The van der Waals surface area contributed by atoms with Crippen LogP contribution in [0.25, 0.3) is 0 Å². The van der Waals surface area contributed by atoms with E-state index in [2.05, 4.69) is 0 Å². The van der Waals surface area contributed by atoms with Crippen LogP contribution in [0.15, 0.2) is 0 Å². The molecule has 3 nitrogen and oxygen atoms in total. The van der Waals surface area contributed by atoms with Gasteiger partial charge in [0.2, 0.25) is 5.91 Å². The Bertz CT molecular complexity index is 145. The van der Waals surface area contributed by atoms with Crippen LogP contribution < -0.4 is 0 Å². The lowest BCUT2D eigenvalue weighted by Gasteiger charge is -1.98. The molecular weight excluding hydrogens is 221 g/mol. The van der Waals surface area contributed by atoms with Gasteiger partial charge in [-0.05, 0) is 0 Å². The normalized spacial score (nSPS) is 20.4. The lowest BCUT2D eigenvalue weighted by atomic mass is 10.3. The van der Waals surface area contributed by atoms with Gasteiger partial charge in [-0.1, -0.05) is 0 Å². The largest absolute Gasteiger partial charge is 0.297 e. The molecule has 1 amide bonds. The first-order chi connectivity index (χ1) is 3.70. The molecule has 8 heavy (non-hydrogen) atoms. The monoisotopic (exact) mass is 225 g/mol. The van der Waals surface area contributed by atoms with E-state index in [4.69, 9.17) is 0 Å². The van der Waals surface area contributed by atoms with E-state index in [1.54, 1.807) is 0 Å². The number of halogens is 1. The second kappa shape index (κ2) is 2.00. The lowest BCUT2D eigenvalue weighted by molar-refractivity contribution is -0.123. The van der Waals surface area contributed by atoms with E-state index in [0.717, 1.165) is 0 Å². The van der Waals surface area contributed by atoms with Crippen LogP contribution in [0.5, 0.6) is 0 Å². The van der Waals surface area contributed by atoms with E-state index in [9.17, 15) is 9.59 Å². The summed E-state index contributed by atoms with van der Waals surface area (Å²) in [6.45, 7) is 0.291. The molecule has 0 N–H and O–H groups in total. The maximum Gasteiger partial charge on any atom is 0.239 e. The third-order valence-corrected chi connectivity index (χ3v) is 1.81. The molecule has 1 aliphatic rings. The van der Waals surface area contributed by atoms with Crippen LogP contribution in [0.3, 0.4) is 0 Å². The summed E-state index contributed by atoms with van der Waals surface area (Å²) < 4.78 is 1.40. The van der Waals surface area contributed by atoms with E-state index in [-0.39, 0.29) is 18.1 Å². The molecule has 0 unspecified atom stereocenters. The molecule has 1 rings (SSSR count). The molecule has 0 aromatic carbocycles. The number of nitrogens with zero attached hydrogens (tertiary/aromatic N) is 1.